The zero-order chi connectivity index (χ0) is 12.5. The van der Waals surface area contributed by atoms with E-state index in [0.717, 1.165) is 12.1 Å². The summed E-state index contributed by atoms with van der Waals surface area (Å²) in [5, 5.41) is 2.08. The largest absolute Gasteiger partial charge is 0.315 e. The summed E-state index contributed by atoms with van der Waals surface area (Å²) in [6, 6.07) is 14.0. The summed E-state index contributed by atoms with van der Waals surface area (Å²) in [6.45, 7) is 0. The van der Waals surface area contributed by atoms with Gasteiger partial charge in [-0.15, -0.1) is 11.3 Å². The maximum Gasteiger partial charge on any atom is 0.230 e. The van der Waals surface area contributed by atoms with E-state index in [1.54, 1.807) is 16.2 Å². The number of hydrogen-bond donors (Lipinski definition) is 0. The highest BCUT2D eigenvalue weighted by molar-refractivity contribution is 7.10. The average molecular weight is 257 g/mol. The van der Waals surface area contributed by atoms with Gasteiger partial charge < -0.3 is 4.90 Å². The molecule has 0 saturated heterocycles. The highest BCUT2D eigenvalue weighted by Gasteiger charge is 2.45. The third-order valence-corrected chi connectivity index (χ3v) is 4.49. The van der Waals surface area contributed by atoms with Crippen LogP contribution in [0.5, 0.6) is 0 Å². The van der Waals surface area contributed by atoms with Crippen LogP contribution in [0.2, 0.25) is 0 Å². The van der Waals surface area contributed by atoms with Crippen LogP contribution in [0.25, 0.3) is 0 Å². The summed E-state index contributed by atoms with van der Waals surface area (Å²) in [5.74, 6) is 0.858. The number of para-hydroxylation sites is 1. The molecule has 1 heterocycles. The second-order valence-electron chi connectivity index (χ2n) is 4.70. The monoisotopic (exact) mass is 257 g/mol. The molecule has 0 radical (unpaired) electrons. The Hall–Kier alpha value is -1.61. The van der Waals surface area contributed by atoms with Crippen LogP contribution in [0.1, 0.15) is 17.2 Å². The molecule has 0 N–H and O–H groups in total. The minimum Gasteiger partial charge on any atom is -0.315 e. The van der Waals surface area contributed by atoms with E-state index in [4.69, 9.17) is 0 Å². The molecule has 0 spiro atoms. The van der Waals surface area contributed by atoms with E-state index in [9.17, 15) is 4.79 Å². The number of hydrogen-bond acceptors (Lipinski definition) is 2. The molecule has 2 atom stereocenters. The number of benzene rings is 1. The highest BCUT2D eigenvalue weighted by Crippen LogP contribution is 2.50. The molecule has 1 amide bonds. The van der Waals surface area contributed by atoms with Gasteiger partial charge in [-0.25, -0.2) is 0 Å². The van der Waals surface area contributed by atoms with Gasteiger partial charge in [-0.2, -0.15) is 0 Å². The van der Waals surface area contributed by atoms with Crippen molar-refractivity contribution in [1.82, 2.24) is 0 Å². The van der Waals surface area contributed by atoms with Gasteiger partial charge in [0, 0.05) is 29.4 Å². The Labute approximate surface area is 111 Å². The summed E-state index contributed by atoms with van der Waals surface area (Å²) in [4.78, 5) is 15.5. The van der Waals surface area contributed by atoms with Gasteiger partial charge in [0.2, 0.25) is 5.91 Å². The van der Waals surface area contributed by atoms with Crippen LogP contribution in [0.4, 0.5) is 5.69 Å². The van der Waals surface area contributed by atoms with Crippen molar-refractivity contribution in [1.29, 1.82) is 0 Å². The molecule has 1 aromatic carbocycles. The second kappa shape index (κ2) is 4.58. The Bertz CT molecular complexity index is 535. The van der Waals surface area contributed by atoms with Crippen molar-refractivity contribution in [2.45, 2.75) is 12.3 Å². The molecule has 1 aliphatic rings. The third kappa shape index (κ3) is 2.06. The van der Waals surface area contributed by atoms with Crippen molar-refractivity contribution in [3.8, 4) is 0 Å². The quantitative estimate of drug-likeness (QED) is 0.824. The molecule has 1 fully saturated rings. The van der Waals surface area contributed by atoms with Crippen LogP contribution in [0.15, 0.2) is 47.8 Å². The first-order valence-corrected chi connectivity index (χ1v) is 7.01. The van der Waals surface area contributed by atoms with E-state index in [1.807, 2.05) is 37.4 Å². The number of anilines is 1. The third-order valence-electron chi connectivity index (χ3n) is 3.49. The summed E-state index contributed by atoms with van der Waals surface area (Å²) in [5.41, 5.74) is 0.972. The fraction of sp³-hybridized carbons (Fsp3) is 0.267. The summed E-state index contributed by atoms with van der Waals surface area (Å²) in [6.07, 6.45) is 0.997. The predicted octanol–water partition coefficient (Wildman–Crippen LogP) is 3.51. The van der Waals surface area contributed by atoms with Gasteiger partial charge in [-0.1, -0.05) is 24.3 Å². The van der Waals surface area contributed by atoms with Gasteiger partial charge in [-0.05, 0) is 30.0 Å². The summed E-state index contributed by atoms with van der Waals surface area (Å²) < 4.78 is 0. The fourth-order valence-corrected chi connectivity index (χ4v) is 3.22. The van der Waals surface area contributed by atoms with E-state index in [1.165, 1.54) is 4.88 Å². The zero-order valence-corrected chi connectivity index (χ0v) is 11.1. The molecule has 0 bridgehead atoms. The van der Waals surface area contributed by atoms with Crippen LogP contribution in [-0.4, -0.2) is 13.0 Å². The molecule has 3 heteroatoms. The van der Waals surface area contributed by atoms with Crippen molar-refractivity contribution >= 4 is 22.9 Å². The molecular weight excluding hydrogens is 242 g/mol. The topological polar surface area (TPSA) is 20.3 Å². The van der Waals surface area contributed by atoms with Gasteiger partial charge in [-0.3, -0.25) is 4.79 Å². The molecular formula is C15H15NOS. The van der Waals surface area contributed by atoms with E-state index >= 15 is 0 Å². The standard InChI is InChI=1S/C15H15NOS/c1-16(11-6-3-2-4-7-11)15(17)13-10-12(13)14-8-5-9-18-14/h2-9,12-13H,10H2,1H3. The normalized spacial score (nSPS) is 21.6. The molecule has 0 aliphatic heterocycles. The SMILES string of the molecule is CN(C(=O)C1CC1c1cccs1)c1ccccc1. The fourth-order valence-electron chi connectivity index (χ4n) is 2.31. The number of nitrogens with zero attached hydrogens (tertiary/aromatic N) is 1. The molecule has 18 heavy (non-hydrogen) atoms. The molecule has 1 aliphatic carbocycles. The maximum atomic E-state index is 12.3. The average Bonchev–Trinajstić information content (AvgIpc) is 3.03. The Balaban J connectivity index is 1.70. The Kier molecular flexibility index (Phi) is 2.92. The lowest BCUT2D eigenvalue weighted by atomic mass is 10.2. The van der Waals surface area contributed by atoms with Crippen molar-refractivity contribution in [3.63, 3.8) is 0 Å². The van der Waals surface area contributed by atoms with Gasteiger partial charge in [0.15, 0.2) is 0 Å². The number of rotatable bonds is 3. The van der Waals surface area contributed by atoms with Crippen LogP contribution in [-0.2, 0) is 4.79 Å². The molecule has 92 valence electrons. The lowest BCUT2D eigenvalue weighted by Gasteiger charge is -2.17. The van der Waals surface area contributed by atoms with Crippen LogP contribution in [0.3, 0.4) is 0 Å². The van der Waals surface area contributed by atoms with E-state index in [-0.39, 0.29) is 11.8 Å². The number of amides is 1. The van der Waals surface area contributed by atoms with Crippen LogP contribution in [0, 0.1) is 5.92 Å². The Morgan fingerprint density at radius 2 is 2.00 bits per heavy atom. The first kappa shape index (κ1) is 11.5. The lowest BCUT2D eigenvalue weighted by molar-refractivity contribution is -0.119. The Morgan fingerprint density at radius 3 is 2.67 bits per heavy atom. The minimum absolute atomic E-state index is 0.175. The summed E-state index contributed by atoms with van der Waals surface area (Å²) in [7, 11) is 1.86. The molecule has 2 nitrogen and oxygen atoms in total. The maximum absolute atomic E-state index is 12.3. The van der Waals surface area contributed by atoms with Crippen molar-refractivity contribution < 1.29 is 4.79 Å². The van der Waals surface area contributed by atoms with Crippen LogP contribution >= 0.6 is 11.3 Å². The molecule has 2 aromatic rings. The molecule has 1 saturated carbocycles. The summed E-state index contributed by atoms with van der Waals surface area (Å²) >= 11 is 1.75. The van der Waals surface area contributed by atoms with Gasteiger partial charge in [0.05, 0.1) is 0 Å². The van der Waals surface area contributed by atoms with Gasteiger partial charge in [0.25, 0.3) is 0 Å². The zero-order valence-electron chi connectivity index (χ0n) is 10.2. The molecule has 2 unspecified atom stereocenters. The van der Waals surface area contributed by atoms with Crippen molar-refractivity contribution in [2.75, 3.05) is 11.9 Å². The van der Waals surface area contributed by atoms with Gasteiger partial charge in [0.1, 0.15) is 0 Å². The Morgan fingerprint density at radius 1 is 1.22 bits per heavy atom. The van der Waals surface area contributed by atoms with E-state index in [0.29, 0.717) is 5.92 Å². The van der Waals surface area contributed by atoms with Crippen molar-refractivity contribution in [2.24, 2.45) is 5.92 Å². The van der Waals surface area contributed by atoms with E-state index in [2.05, 4.69) is 17.5 Å². The van der Waals surface area contributed by atoms with Crippen LogP contribution < -0.4 is 4.90 Å². The number of thiophene rings is 1. The van der Waals surface area contributed by atoms with Crippen molar-refractivity contribution in [3.05, 3.63) is 52.7 Å². The molecule has 1 aromatic heterocycles. The molecule has 3 rings (SSSR count). The predicted molar refractivity (Wildman–Crippen MR) is 75.0 cm³/mol. The highest BCUT2D eigenvalue weighted by atomic mass is 32.1. The van der Waals surface area contributed by atoms with E-state index < -0.39 is 0 Å². The smallest absolute Gasteiger partial charge is 0.230 e. The first-order chi connectivity index (χ1) is 8.77. The van der Waals surface area contributed by atoms with Gasteiger partial charge >= 0.3 is 0 Å². The first-order valence-electron chi connectivity index (χ1n) is 6.13. The number of carbonyl (C=O) groups excluding carboxylic acids is 1. The lowest BCUT2D eigenvalue weighted by Crippen LogP contribution is -2.28. The minimum atomic E-state index is 0.175. The number of carbonyl (C=O) groups is 1. The second-order valence-corrected chi connectivity index (χ2v) is 5.68.